The molecule has 0 atom stereocenters. The molecule has 4 aromatic rings. The predicted molar refractivity (Wildman–Crippen MR) is 100 cm³/mol. The second kappa shape index (κ2) is 6.42. The van der Waals surface area contributed by atoms with E-state index in [1.54, 1.807) is 18.3 Å². The first-order valence-corrected chi connectivity index (χ1v) is 8.19. The van der Waals surface area contributed by atoms with Crippen LogP contribution in [-0.4, -0.2) is 15.5 Å². The summed E-state index contributed by atoms with van der Waals surface area (Å²) >= 11 is 6.06. The van der Waals surface area contributed by atoms with Gasteiger partial charge >= 0.3 is 0 Å². The summed E-state index contributed by atoms with van der Waals surface area (Å²) in [4.78, 5) is 16.9. The molecule has 0 aliphatic carbocycles. The van der Waals surface area contributed by atoms with Crippen LogP contribution in [0, 0.1) is 0 Å². The molecule has 4 nitrogen and oxygen atoms in total. The van der Waals surface area contributed by atoms with E-state index in [1.807, 2.05) is 65.2 Å². The van der Waals surface area contributed by atoms with Gasteiger partial charge in [-0.15, -0.1) is 0 Å². The highest BCUT2D eigenvalue weighted by Gasteiger charge is 2.17. The molecular formula is C20H14ClN3O. The van der Waals surface area contributed by atoms with Crippen LogP contribution in [0.4, 0.5) is 5.69 Å². The van der Waals surface area contributed by atoms with Crippen molar-refractivity contribution in [3.8, 4) is 5.69 Å². The molecule has 2 aromatic heterocycles. The number of para-hydroxylation sites is 2. The van der Waals surface area contributed by atoms with Gasteiger partial charge in [-0.1, -0.05) is 48.0 Å². The van der Waals surface area contributed by atoms with Crippen molar-refractivity contribution in [2.24, 2.45) is 0 Å². The SMILES string of the molecule is O=C(Nc1cccnc1Cl)c1cc2ccccc2n1-c1ccccc1. The molecule has 2 heterocycles. The Morgan fingerprint density at radius 1 is 0.960 bits per heavy atom. The summed E-state index contributed by atoms with van der Waals surface area (Å²) in [6.07, 6.45) is 1.58. The third-order valence-electron chi connectivity index (χ3n) is 3.97. The molecule has 0 saturated heterocycles. The lowest BCUT2D eigenvalue weighted by Crippen LogP contribution is -2.16. The van der Waals surface area contributed by atoms with E-state index in [9.17, 15) is 4.79 Å². The Morgan fingerprint density at radius 3 is 2.52 bits per heavy atom. The molecule has 0 bridgehead atoms. The van der Waals surface area contributed by atoms with Crippen molar-refractivity contribution in [1.82, 2.24) is 9.55 Å². The summed E-state index contributed by atoms with van der Waals surface area (Å²) in [7, 11) is 0. The van der Waals surface area contributed by atoms with Crippen molar-refractivity contribution in [3.05, 3.63) is 89.8 Å². The van der Waals surface area contributed by atoms with Crippen molar-refractivity contribution in [1.29, 1.82) is 0 Å². The van der Waals surface area contributed by atoms with Gasteiger partial charge in [0.2, 0.25) is 0 Å². The fourth-order valence-corrected chi connectivity index (χ4v) is 3.01. The van der Waals surface area contributed by atoms with Crippen LogP contribution in [0.5, 0.6) is 0 Å². The number of pyridine rings is 1. The molecule has 0 unspecified atom stereocenters. The lowest BCUT2D eigenvalue weighted by atomic mass is 10.2. The van der Waals surface area contributed by atoms with Crippen molar-refractivity contribution in [2.75, 3.05) is 5.32 Å². The quantitative estimate of drug-likeness (QED) is 0.534. The molecule has 25 heavy (non-hydrogen) atoms. The molecule has 4 rings (SSSR count). The molecule has 0 aliphatic heterocycles. The third-order valence-corrected chi connectivity index (χ3v) is 4.27. The zero-order valence-corrected chi connectivity index (χ0v) is 13.9. The number of halogens is 1. The summed E-state index contributed by atoms with van der Waals surface area (Å²) in [6, 6.07) is 23.0. The number of rotatable bonds is 3. The van der Waals surface area contributed by atoms with E-state index >= 15 is 0 Å². The molecule has 0 aliphatic rings. The lowest BCUT2D eigenvalue weighted by Gasteiger charge is -2.11. The molecule has 0 fully saturated rings. The number of hydrogen-bond acceptors (Lipinski definition) is 2. The number of carbonyl (C=O) groups is 1. The average Bonchev–Trinajstić information content (AvgIpc) is 3.04. The van der Waals surface area contributed by atoms with Crippen LogP contribution in [0.2, 0.25) is 5.15 Å². The summed E-state index contributed by atoms with van der Waals surface area (Å²) in [5.41, 5.74) is 2.91. The zero-order valence-electron chi connectivity index (χ0n) is 13.2. The van der Waals surface area contributed by atoms with Crippen LogP contribution in [0.25, 0.3) is 16.6 Å². The second-order valence-corrected chi connectivity index (χ2v) is 5.91. The van der Waals surface area contributed by atoms with Gasteiger partial charge in [0.05, 0.1) is 11.2 Å². The van der Waals surface area contributed by atoms with Crippen molar-refractivity contribution < 1.29 is 4.79 Å². The molecule has 1 N–H and O–H groups in total. The van der Waals surface area contributed by atoms with Gasteiger partial charge in [-0.2, -0.15) is 0 Å². The van der Waals surface area contributed by atoms with Gasteiger partial charge in [0.1, 0.15) is 5.69 Å². The molecule has 1 amide bonds. The van der Waals surface area contributed by atoms with Gasteiger partial charge in [0.25, 0.3) is 5.91 Å². The number of nitrogens with one attached hydrogen (secondary N) is 1. The van der Waals surface area contributed by atoms with E-state index in [1.165, 1.54) is 0 Å². The fourth-order valence-electron chi connectivity index (χ4n) is 2.84. The number of aromatic nitrogens is 2. The molecule has 0 spiro atoms. The summed E-state index contributed by atoms with van der Waals surface area (Å²) in [6.45, 7) is 0. The number of anilines is 1. The highest BCUT2D eigenvalue weighted by molar-refractivity contribution is 6.32. The highest BCUT2D eigenvalue weighted by atomic mass is 35.5. The molecule has 0 radical (unpaired) electrons. The Hall–Kier alpha value is -3.11. The van der Waals surface area contributed by atoms with E-state index in [4.69, 9.17) is 11.6 Å². The van der Waals surface area contributed by atoms with E-state index in [0.29, 0.717) is 11.4 Å². The van der Waals surface area contributed by atoms with Gasteiger partial charge in [0.15, 0.2) is 5.15 Å². The highest BCUT2D eigenvalue weighted by Crippen LogP contribution is 2.26. The van der Waals surface area contributed by atoms with Gasteiger partial charge < -0.3 is 9.88 Å². The first-order chi connectivity index (χ1) is 12.2. The van der Waals surface area contributed by atoms with E-state index in [2.05, 4.69) is 10.3 Å². The van der Waals surface area contributed by atoms with E-state index in [-0.39, 0.29) is 11.1 Å². The van der Waals surface area contributed by atoms with Crippen molar-refractivity contribution in [3.63, 3.8) is 0 Å². The monoisotopic (exact) mass is 347 g/mol. The zero-order chi connectivity index (χ0) is 17.2. The Morgan fingerprint density at radius 2 is 1.72 bits per heavy atom. The smallest absolute Gasteiger partial charge is 0.272 e. The minimum Gasteiger partial charge on any atom is -0.318 e. The van der Waals surface area contributed by atoms with Crippen molar-refractivity contribution >= 4 is 34.1 Å². The fraction of sp³-hybridized carbons (Fsp3) is 0. The predicted octanol–water partition coefficient (Wildman–Crippen LogP) is 4.93. The summed E-state index contributed by atoms with van der Waals surface area (Å²) < 4.78 is 1.94. The average molecular weight is 348 g/mol. The molecule has 5 heteroatoms. The Bertz CT molecular complexity index is 1060. The van der Waals surface area contributed by atoms with Crippen molar-refractivity contribution in [2.45, 2.75) is 0 Å². The number of benzene rings is 2. The minimum absolute atomic E-state index is 0.241. The first-order valence-electron chi connectivity index (χ1n) is 7.82. The lowest BCUT2D eigenvalue weighted by molar-refractivity contribution is 0.102. The Balaban J connectivity index is 1.84. The molecule has 2 aromatic carbocycles. The summed E-state index contributed by atoms with van der Waals surface area (Å²) in [5, 5.41) is 4.10. The summed E-state index contributed by atoms with van der Waals surface area (Å²) in [5.74, 6) is -0.241. The maximum atomic E-state index is 12.9. The standard InChI is InChI=1S/C20H14ClN3O/c21-19-16(10-6-12-22-19)23-20(25)18-13-14-7-4-5-11-17(14)24(18)15-8-2-1-3-9-15/h1-13H,(H,23,25). The molecule has 0 saturated carbocycles. The van der Waals surface area contributed by atoms with Crippen LogP contribution in [0.15, 0.2) is 79.0 Å². The van der Waals surface area contributed by atoms with Crippen LogP contribution in [0.3, 0.4) is 0 Å². The third kappa shape index (κ3) is 2.88. The topological polar surface area (TPSA) is 46.9 Å². The van der Waals surface area contributed by atoms with Gasteiger partial charge in [-0.05, 0) is 36.4 Å². The second-order valence-electron chi connectivity index (χ2n) is 5.56. The van der Waals surface area contributed by atoms with E-state index in [0.717, 1.165) is 16.6 Å². The number of hydrogen-bond donors (Lipinski definition) is 1. The van der Waals surface area contributed by atoms with Crippen LogP contribution >= 0.6 is 11.6 Å². The number of fused-ring (bicyclic) bond motifs is 1. The molecule has 122 valence electrons. The largest absolute Gasteiger partial charge is 0.318 e. The van der Waals surface area contributed by atoms with Gasteiger partial charge in [0, 0.05) is 17.3 Å². The normalized spacial score (nSPS) is 10.8. The van der Waals surface area contributed by atoms with Gasteiger partial charge in [-0.25, -0.2) is 4.98 Å². The molecular weight excluding hydrogens is 334 g/mol. The first kappa shape index (κ1) is 15.4. The maximum Gasteiger partial charge on any atom is 0.272 e. The number of amides is 1. The number of nitrogens with zero attached hydrogens (tertiary/aromatic N) is 2. The van der Waals surface area contributed by atoms with Gasteiger partial charge in [-0.3, -0.25) is 4.79 Å². The van der Waals surface area contributed by atoms with Crippen LogP contribution < -0.4 is 5.32 Å². The minimum atomic E-state index is -0.241. The Labute approximate surface area is 149 Å². The van der Waals surface area contributed by atoms with E-state index < -0.39 is 0 Å². The number of carbonyl (C=O) groups excluding carboxylic acids is 1. The Kier molecular flexibility index (Phi) is 3.96. The maximum absolute atomic E-state index is 12.9. The van der Waals surface area contributed by atoms with Crippen LogP contribution in [0.1, 0.15) is 10.5 Å². The van der Waals surface area contributed by atoms with Crippen LogP contribution in [-0.2, 0) is 0 Å².